The molecule has 1 aromatic heterocycles. The van der Waals surface area contributed by atoms with E-state index in [9.17, 15) is 4.79 Å². The Morgan fingerprint density at radius 1 is 1.33 bits per heavy atom. The molecule has 130 valence electrons. The highest BCUT2D eigenvalue weighted by atomic mass is 16.2. The summed E-state index contributed by atoms with van der Waals surface area (Å²) >= 11 is 0. The van der Waals surface area contributed by atoms with Gasteiger partial charge >= 0.3 is 0 Å². The lowest BCUT2D eigenvalue weighted by atomic mass is 9.77. The Hall–Kier alpha value is -2.11. The second-order valence-electron chi connectivity index (χ2n) is 7.45. The fourth-order valence-electron chi connectivity index (χ4n) is 3.72. The van der Waals surface area contributed by atoms with Crippen LogP contribution < -0.4 is 10.6 Å². The number of carbonyl (C=O) groups excluding carboxylic acids is 1. The lowest BCUT2D eigenvalue weighted by Crippen LogP contribution is -2.42. The van der Waals surface area contributed by atoms with Crippen LogP contribution in [0.2, 0.25) is 0 Å². The lowest BCUT2D eigenvalue weighted by Gasteiger charge is -2.39. The van der Waals surface area contributed by atoms with E-state index in [-0.39, 0.29) is 5.41 Å². The molecule has 0 radical (unpaired) electrons. The number of carbonyl (C=O) groups is 1. The van der Waals surface area contributed by atoms with E-state index in [4.69, 9.17) is 5.73 Å². The third kappa shape index (κ3) is 3.52. The molecular formula is C18H27N5O. The maximum atomic E-state index is 12.3. The normalized spacial score (nSPS) is 19.9. The second kappa shape index (κ2) is 6.42. The summed E-state index contributed by atoms with van der Waals surface area (Å²) in [7, 11) is 0. The Balaban J connectivity index is 1.64. The first-order valence-corrected chi connectivity index (χ1v) is 8.64. The minimum absolute atomic E-state index is 0.136. The summed E-state index contributed by atoms with van der Waals surface area (Å²) in [6.45, 7) is 9.54. The number of rotatable bonds is 3. The predicted octanol–water partition coefficient (Wildman–Crippen LogP) is 2.15. The molecule has 0 unspecified atom stereocenters. The number of allylic oxidation sites excluding steroid dienone is 1. The molecule has 6 nitrogen and oxygen atoms in total. The summed E-state index contributed by atoms with van der Waals surface area (Å²) in [6, 6.07) is 1.98. The van der Waals surface area contributed by atoms with Gasteiger partial charge in [0, 0.05) is 49.8 Å². The average molecular weight is 329 g/mol. The van der Waals surface area contributed by atoms with Crippen LogP contribution in [-0.2, 0) is 4.79 Å². The molecule has 1 spiro atoms. The van der Waals surface area contributed by atoms with Crippen LogP contribution >= 0.6 is 0 Å². The van der Waals surface area contributed by atoms with Gasteiger partial charge in [0.1, 0.15) is 5.82 Å². The zero-order valence-corrected chi connectivity index (χ0v) is 14.9. The number of anilines is 2. The Kier molecular flexibility index (Phi) is 4.47. The molecular weight excluding hydrogens is 302 g/mol. The quantitative estimate of drug-likeness (QED) is 0.860. The zero-order chi connectivity index (χ0) is 17.3. The first-order chi connectivity index (χ1) is 11.4. The van der Waals surface area contributed by atoms with Crippen molar-refractivity contribution in [1.82, 2.24) is 14.9 Å². The second-order valence-corrected chi connectivity index (χ2v) is 7.45. The van der Waals surface area contributed by atoms with Crippen molar-refractivity contribution in [2.24, 2.45) is 5.41 Å². The van der Waals surface area contributed by atoms with Crippen LogP contribution in [0.25, 0.3) is 0 Å². The van der Waals surface area contributed by atoms with E-state index in [2.05, 4.69) is 34.8 Å². The van der Waals surface area contributed by atoms with E-state index in [0.717, 1.165) is 50.5 Å². The fraction of sp³-hybridized carbons (Fsp3) is 0.611. The molecule has 2 fully saturated rings. The van der Waals surface area contributed by atoms with Crippen LogP contribution in [0, 0.1) is 12.3 Å². The molecule has 2 saturated heterocycles. The van der Waals surface area contributed by atoms with Gasteiger partial charge in [-0.15, -0.1) is 0 Å². The Morgan fingerprint density at radius 3 is 2.67 bits per heavy atom. The topological polar surface area (TPSA) is 75.3 Å². The number of amides is 1. The minimum atomic E-state index is 0.136. The standard InChI is InChI=1S/C18H27N5O/c1-13(2)4-7-23-12-18(11-16(23)24)5-8-22(9-6-18)15-10-14(3)20-17(19)21-15/h4,10H,5-9,11-12H2,1-3H3,(H2,19,20,21). The molecule has 3 heterocycles. The van der Waals surface area contributed by atoms with Gasteiger partial charge in [-0.05, 0) is 33.6 Å². The Labute approximate surface area is 143 Å². The highest BCUT2D eigenvalue weighted by molar-refractivity contribution is 5.79. The third-order valence-corrected chi connectivity index (χ3v) is 5.13. The monoisotopic (exact) mass is 329 g/mol. The predicted molar refractivity (Wildman–Crippen MR) is 95.7 cm³/mol. The van der Waals surface area contributed by atoms with E-state index in [1.807, 2.05) is 17.9 Å². The first kappa shape index (κ1) is 16.7. The maximum absolute atomic E-state index is 12.3. The van der Waals surface area contributed by atoms with Crippen LogP contribution in [0.3, 0.4) is 0 Å². The zero-order valence-electron chi connectivity index (χ0n) is 14.9. The van der Waals surface area contributed by atoms with E-state index < -0.39 is 0 Å². The number of piperidine rings is 1. The molecule has 1 amide bonds. The third-order valence-electron chi connectivity index (χ3n) is 5.13. The van der Waals surface area contributed by atoms with Crippen molar-refractivity contribution in [2.45, 2.75) is 40.0 Å². The van der Waals surface area contributed by atoms with E-state index in [0.29, 0.717) is 18.3 Å². The largest absolute Gasteiger partial charge is 0.368 e. The van der Waals surface area contributed by atoms with Gasteiger partial charge in [-0.25, -0.2) is 4.98 Å². The van der Waals surface area contributed by atoms with Crippen LogP contribution in [0.4, 0.5) is 11.8 Å². The van der Waals surface area contributed by atoms with Crippen molar-refractivity contribution < 1.29 is 4.79 Å². The molecule has 0 atom stereocenters. The van der Waals surface area contributed by atoms with Gasteiger partial charge in [0.15, 0.2) is 0 Å². The molecule has 2 aliphatic rings. The highest BCUT2D eigenvalue weighted by Gasteiger charge is 2.44. The molecule has 24 heavy (non-hydrogen) atoms. The number of hydrogen-bond donors (Lipinski definition) is 1. The van der Waals surface area contributed by atoms with Gasteiger partial charge < -0.3 is 15.5 Å². The number of aromatic nitrogens is 2. The SMILES string of the molecule is CC(C)=CCN1CC2(CCN(c3cc(C)nc(N)n3)CC2)CC1=O. The van der Waals surface area contributed by atoms with Crippen molar-refractivity contribution >= 4 is 17.7 Å². The number of hydrogen-bond acceptors (Lipinski definition) is 5. The fourth-order valence-corrected chi connectivity index (χ4v) is 3.72. The number of likely N-dealkylation sites (tertiary alicyclic amines) is 1. The number of nitrogens with zero attached hydrogens (tertiary/aromatic N) is 4. The Morgan fingerprint density at radius 2 is 2.04 bits per heavy atom. The molecule has 0 aliphatic carbocycles. The molecule has 2 aliphatic heterocycles. The Bertz CT molecular complexity index is 637. The molecule has 6 heteroatoms. The van der Waals surface area contributed by atoms with Gasteiger partial charge in [-0.1, -0.05) is 11.6 Å². The van der Waals surface area contributed by atoms with Crippen LogP contribution in [-0.4, -0.2) is 47.0 Å². The van der Waals surface area contributed by atoms with Crippen molar-refractivity contribution in [3.05, 3.63) is 23.4 Å². The first-order valence-electron chi connectivity index (χ1n) is 8.64. The van der Waals surface area contributed by atoms with E-state index in [1.165, 1.54) is 5.57 Å². The van der Waals surface area contributed by atoms with Crippen molar-refractivity contribution in [3.8, 4) is 0 Å². The summed E-state index contributed by atoms with van der Waals surface area (Å²) < 4.78 is 0. The molecule has 0 aromatic carbocycles. The molecule has 0 saturated carbocycles. The van der Waals surface area contributed by atoms with Gasteiger partial charge in [-0.2, -0.15) is 4.98 Å². The van der Waals surface area contributed by atoms with Crippen LogP contribution in [0.1, 0.15) is 38.8 Å². The smallest absolute Gasteiger partial charge is 0.223 e. The van der Waals surface area contributed by atoms with Crippen molar-refractivity contribution in [2.75, 3.05) is 36.8 Å². The van der Waals surface area contributed by atoms with E-state index >= 15 is 0 Å². The maximum Gasteiger partial charge on any atom is 0.223 e. The van der Waals surface area contributed by atoms with Gasteiger partial charge in [0.05, 0.1) is 0 Å². The van der Waals surface area contributed by atoms with Gasteiger partial charge in [-0.3, -0.25) is 4.79 Å². The average Bonchev–Trinajstić information content (AvgIpc) is 2.80. The molecule has 3 rings (SSSR count). The minimum Gasteiger partial charge on any atom is -0.368 e. The molecule has 2 N–H and O–H groups in total. The van der Waals surface area contributed by atoms with Crippen LogP contribution in [0.15, 0.2) is 17.7 Å². The number of nitrogens with two attached hydrogens (primary N) is 1. The van der Waals surface area contributed by atoms with Crippen molar-refractivity contribution in [1.29, 1.82) is 0 Å². The summed E-state index contributed by atoms with van der Waals surface area (Å²) in [4.78, 5) is 25.1. The molecule has 1 aromatic rings. The van der Waals surface area contributed by atoms with Crippen molar-refractivity contribution in [3.63, 3.8) is 0 Å². The van der Waals surface area contributed by atoms with Gasteiger partial charge in [0.2, 0.25) is 11.9 Å². The summed E-state index contributed by atoms with van der Waals surface area (Å²) in [5, 5.41) is 0. The van der Waals surface area contributed by atoms with E-state index in [1.54, 1.807) is 0 Å². The lowest BCUT2D eigenvalue weighted by molar-refractivity contribution is -0.127. The summed E-state index contributed by atoms with van der Waals surface area (Å²) in [5.41, 5.74) is 8.06. The number of aryl methyl sites for hydroxylation is 1. The van der Waals surface area contributed by atoms with Crippen LogP contribution in [0.5, 0.6) is 0 Å². The van der Waals surface area contributed by atoms with Gasteiger partial charge in [0.25, 0.3) is 0 Å². The highest BCUT2D eigenvalue weighted by Crippen LogP contribution is 2.41. The summed E-state index contributed by atoms with van der Waals surface area (Å²) in [5.74, 6) is 1.53. The molecule has 0 bridgehead atoms. The number of nitrogen functional groups attached to an aromatic ring is 1. The summed E-state index contributed by atoms with van der Waals surface area (Å²) in [6.07, 6.45) is 4.86.